The number of nitrogens with zero attached hydrogens (tertiary/aromatic N) is 2. The van der Waals surface area contributed by atoms with Crippen LogP contribution >= 0.6 is 0 Å². The normalized spacial score (nSPS) is 16.9. The van der Waals surface area contributed by atoms with Crippen LogP contribution in [0.15, 0.2) is 53.7 Å². The second-order valence-electron chi connectivity index (χ2n) is 9.57. The molecule has 1 unspecified atom stereocenters. The number of H-pyrrole nitrogens is 1. The average molecular weight is 480 g/mol. The Morgan fingerprint density at radius 3 is 2.31 bits per heavy atom. The van der Waals surface area contributed by atoms with Crippen LogP contribution in [0.3, 0.4) is 0 Å². The van der Waals surface area contributed by atoms with E-state index in [0.29, 0.717) is 24.0 Å². The summed E-state index contributed by atoms with van der Waals surface area (Å²) < 4.78 is 0. The Morgan fingerprint density at radius 2 is 1.80 bits per heavy atom. The van der Waals surface area contributed by atoms with Crippen LogP contribution in [0, 0.1) is 12.8 Å². The third kappa shape index (κ3) is 7.84. The second-order valence-corrected chi connectivity index (χ2v) is 9.57. The van der Waals surface area contributed by atoms with Gasteiger partial charge in [-0.25, -0.2) is 4.98 Å². The summed E-state index contributed by atoms with van der Waals surface area (Å²) in [7, 11) is 0. The molecule has 4 rings (SSSR count). The smallest absolute Gasteiger partial charge is 0.256 e. The molecule has 0 spiro atoms. The first kappa shape index (κ1) is 28.4. The number of hydrogen-bond donors (Lipinski definition) is 2. The minimum absolute atomic E-state index is 0.0203. The number of aromatic nitrogens is 2. The maximum Gasteiger partial charge on any atom is 0.256 e. The summed E-state index contributed by atoms with van der Waals surface area (Å²) >= 11 is 0. The van der Waals surface area contributed by atoms with E-state index in [-0.39, 0.29) is 11.5 Å². The number of nitrogens with one attached hydrogen (secondary N) is 1. The Bertz CT molecular complexity index is 1020. The highest BCUT2D eigenvalue weighted by Crippen LogP contribution is 2.32. The van der Waals surface area contributed by atoms with E-state index in [4.69, 9.17) is 10.1 Å². The fourth-order valence-corrected chi connectivity index (χ4v) is 4.69. The van der Waals surface area contributed by atoms with Gasteiger partial charge in [-0.05, 0) is 33.1 Å². The lowest BCUT2D eigenvalue weighted by Crippen LogP contribution is -2.37. The highest BCUT2D eigenvalue weighted by molar-refractivity contribution is 5.56. The monoisotopic (exact) mass is 479 g/mol. The number of aliphatic hydroxyl groups is 1. The molecule has 1 fully saturated rings. The van der Waals surface area contributed by atoms with Crippen LogP contribution in [0.4, 0.5) is 0 Å². The molecule has 0 bridgehead atoms. The van der Waals surface area contributed by atoms with Crippen molar-refractivity contribution in [3.63, 3.8) is 0 Å². The van der Waals surface area contributed by atoms with Crippen LogP contribution in [0.25, 0.3) is 11.4 Å². The van der Waals surface area contributed by atoms with Gasteiger partial charge in [0.25, 0.3) is 5.56 Å². The number of benzene rings is 1. The summed E-state index contributed by atoms with van der Waals surface area (Å²) in [5, 5.41) is 8.86. The molecule has 1 atom stereocenters. The van der Waals surface area contributed by atoms with Gasteiger partial charge in [-0.15, -0.1) is 0 Å². The number of allylic oxidation sites excluding steroid dienone is 2. The Labute approximate surface area is 212 Å². The zero-order valence-corrected chi connectivity index (χ0v) is 22.5. The molecule has 1 aromatic heterocycles. The number of aromatic amines is 1. The molecule has 2 N–H and O–H groups in total. The first-order valence-electron chi connectivity index (χ1n) is 13.3. The lowest BCUT2D eigenvalue weighted by Gasteiger charge is -2.35. The van der Waals surface area contributed by atoms with Crippen molar-refractivity contribution in [3.05, 3.63) is 76.1 Å². The molecule has 1 aliphatic heterocycles. The first-order valence-corrected chi connectivity index (χ1v) is 13.3. The van der Waals surface area contributed by atoms with E-state index in [1.807, 2.05) is 45.0 Å². The minimum atomic E-state index is -0.0203. The number of unbranched alkanes of at least 4 members (excludes halogenated alkanes) is 1. The topological polar surface area (TPSA) is 69.2 Å². The van der Waals surface area contributed by atoms with E-state index in [2.05, 4.69) is 36.9 Å². The lowest BCUT2D eigenvalue weighted by atomic mass is 9.90. The van der Waals surface area contributed by atoms with E-state index in [0.717, 1.165) is 61.2 Å². The third-order valence-corrected chi connectivity index (χ3v) is 6.82. The zero-order valence-electron chi connectivity index (χ0n) is 22.5. The molecule has 0 radical (unpaired) electrons. The van der Waals surface area contributed by atoms with Crippen LogP contribution < -0.4 is 5.56 Å². The fourth-order valence-electron chi connectivity index (χ4n) is 4.69. The van der Waals surface area contributed by atoms with Gasteiger partial charge >= 0.3 is 0 Å². The molecule has 2 aromatic rings. The van der Waals surface area contributed by atoms with Crippen molar-refractivity contribution in [1.82, 2.24) is 14.9 Å². The molecule has 1 aromatic carbocycles. The number of rotatable bonds is 6. The Kier molecular flexibility index (Phi) is 11.3. The van der Waals surface area contributed by atoms with E-state index in [1.165, 1.54) is 18.4 Å². The van der Waals surface area contributed by atoms with Gasteiger partial charge in [-0.1, -0.05) is 89.4 Å². The van der Waals surface area contributed by atoms with Crippen LogP contribution in [0.2, 0.25) is 0 Å². The summed E-state index contributed by atoms with van der Waals surface area (Å²) in [6.07, 6.45) is 8.17. The molecule has 0 saturated heterocycles. The number of aliphatic hydroxyl groups excluding tert-OH is 1. The molecule has 192 valence electrons. The van der Waals surface area contributed by atoms with Crippen LogP contribution in [0.5, 0.6) is 0 Å². The quantitative estimate of drug-likeness (QED) is 0.418. The first-order chi connectivity index (χ1) is 16.8. The van der Waals surface area contributed by atoms with Crippen molar-refractivity contribution >= 4 is 0 Å². The van der Waals surface area contributed by atoms with E-state index < -0.39 is 0 Å². The predicted molar refractivity (Wildman–Crippen MR) is 148 cm³/mol. The third-order valence-electron chi connectivity index (χ3n) is 6.82. The molecule has 5 nitrogen and oxygen atoms in total. The molecule has 2 aliphatic rings. The van der Waals surface area contributed by atoms with Crippen molar-refractivity contribution in [2.45, 2.75) is 92.0 Å². The van der Waals surface area contributed by atoms with Gasteiger partial charge in [0, 0.05) is 36.2 Å². The van der Waals surface area contributed by atoms with Gasteiger partial charge in [-0.2, -0.15) is 0 Å². The largest absolute Gasteiger partial charge is 0.513 e. The van der Waals surface area contributed by atoms with Crippen molar-refractivity contribution in [2.24, 2.45) is 5.92 Å². The number of aryl methyl sites for hydroxylation is 1. The molecule has 1 saturated carbocycles. The van der Waals surface area contributed by atoms with Gasteiger partial charge in [-0.3, -0.25) is 4.79 Å². The highest BCUT2D eigenvalue weighted by atomic mass is 16.3. The van der Waals surface area contributed by atoms with Gasteiger partial charge < -0.3 is 15.0 Å². The van der Waals surface area contributed by atoms with E-state index in [1.54, 1.807) is 0 Å². The van der Waals surface area contributed by atoms with Crippen molar-refractivity contribution in [2.75, 3.05) is 6.54 Å². The molecule has 0 amide bonds. The average Bonchev–Trinajstić information content (AvgIpc) is 3.40. The van der Waals surface area contributed by atoms with Crippen LogP contribution in [-0.2, 0) is 6.54 Å². The zero-order chi connectivity index (χ0) is 26.0. The van der Waals surface area contributed by atoms with Gasteiger partial charge in [0.2, 0.25) is 0 Å². The number of hydrogen-bond acceptors (Lipinski definition) is 4. The molecular formula is C30H45N3O2. The predicted octanol–water partition coefficient (Wildman–Crippen LogP) is 7.64. The summed E-state index contributed by atoms with van der Waals surface area (Å²) in [4.78, 5) is 22.8. The van der Waals surface area contributed by atoms with Crippen molar-refractivity contribution in [1.29, 1.82) is 0 Å². The Morgan fingerprint density at radius 1 is 1.17 bits per heavy atom. The summed E-state index contributed by atoms with van der Waals surface area (Å²) in [6.45, 7) is 19.3. The van der Waals surface area contributed by atoms with Crippen molar-refractivity contribution in [3.8, 4) is 11.4 Å². The molecule has 5 heteroatoms. The number of fused-ring (bicyclic) bond motifs is 1. The van der Waals surface area contributed by atoms with Crippen LogP contribution in [-0.4, -0.2) is 26.5 Å². The SMILES string of the molecule is C=C(C)N1Cc2c(nc(-c3ccc(C)cc3)[nH]c2=O)C(CCCC)C1.C=C(O)C1CCCC1.CC. The maximum atomic E-state index is 12.8. The minimum Gasteiger partial charge on any atom is -0.513 e. The standard InChI is InChI=1S/C21H27N3O.C7H12O.C2H6/c1-5-6-7-17-12-24(14(2)3)13-18-19(17)22-20(23-21(18)25)16-10-8-15(4)9-11-16;1-6(8)7-4-2-3-5-7;1-2/h8-11,17H,2,5-7,12-13H2,1,3-4H3,(H,22,23,25);7-8H,1-5H2;1-2H3. The summed E-state index contributed by atoms with van der Waals surface area (Å²) in [5.74, 6) is 1.78. The molecule has 2 heterocycles. The summed E-state index contributed by atoms with van der Waals surface area (Å²) in [6, 6.07) is 8.13. The summed E-state index contributed by atoms with van der Waals surface area (Å²) in [5.41, 5.74) is 4.92. The van der Waals surface area contributed by atoms with Crippen LogP contribution in [0.1, 0.15) is 95.4 Å². The molecule has 1 aliphatic carbocycles. The van der Waals surface area contributed by atoms with Gasteiger partial charge in [0.15, 0.2) is 0 Å². The van der Waals surface area contributed by atoms with Gasteiger partial charge in [0.05, 0.1) is 17.0 Å². The van der Waals surface area contributed by atoms with Crippen molar-refractivity contribution < 1.29 is 5.11 Å². The Balaban J connectivity index is 0.000000363. The van der Waals surface area contributed by atoms with E-state index >= 15 is 0 Å². The lowest BCUT2D eigenvalue weighted by molar-refractivity contribution is 0.276. The molecule has 35 heavy (non-hydrogen) atoms. The molecular weight excluding hydrogens is 434 g/mol. The highest BCUT2D eigenvalue weighted by Gasteiger charge is 2.29. The van der Waals surface area contributed by atoms with E-state index in [9.17, 15) is 4.79 Å². The second kappa shape index (κ2) is 13.9. The van der Waals surface area contributed by atoms with Gasteiger partial charge in [0.1, 0.15) is 5.82 Å². The fraction of sp³-hybridized carbons (Fsp3) is 0.533. The maximum absolute atomic E-state index is 12.8. The Hall–Kier alpha value is -2.82.